The summed E-state index contributed by atoms with van der Waals surface area (Å²) in [5.41, 5.74) is 0. The van der Waals surface area contributed by atoms with Crippen molar-refractivity contribution in [3.8, 4) is 0 Å². The zero-order valence-electron chi connectivity index (χ0n) is 10.9. The standard InChI is InChI=1S/C8H14O4.C3H6O2/c1-5(7(9)11-3)6(2)8(10)12-4;1-2-3(4)5/h5-6H,1-4H3;2H2,1H3,(H,4,5). The van der Waals surface area contributed by atoms with Gasteiger partial charge in [0.05, 0.1) is 26.1 Å². The van der Waals surface area contributed by atoms with Crippen LogP contribution in [0.15, 0.2) is 0 Å². The maximum Gasteiger partial charge on any atom is 0.309 e. The number of hydrogen-bond donors (Lipinski definition) is 1. The first-order valence-corrected chi connectivity index (χ1v) is 5.19. The van der Waals surface area contributed by atoms with Gasteiger partial charge >= 0.3 is 17.9 Å². The fraction of sp³-hybridized carbons (Fsp3) is 0.727. The molecular formula is C11H20O6. The van der Waals surface area contributed by atoms with Crippen molar-refractivity contribution < 1.29 is 29.0 Å². The molecule has 0 aromatic heterocycles. The lowest BCUT2D eigenvalue weighted by atomic mass is 9.96. The van der Waals surface area contributed by atoms with E-state index in [4.69, 9.17) is 5.11 Å². The number of carboxylic acid groups (broad SMARTS) is 1. The van der Waals surface area contributed by atoms with Crippen LogP contribution < -0.4 is 0 Å². The highest BCUT2D eigenvalue weighted by Gasteiger charge is 2.27. The van der Waals surface area contributed by atoms with Crippen LogP contribution in [0.2, 0.25) is 0 Å². The molecule has 0 fully saturated rings. The zero-order valence-corrected chi connectivity index (χ0v) is 10.9. The number of carbonyl (C=O) groups is 3. The smallest absolute Gasteiger partial charge is 0.309 e. The zero-order chi connectivity index (χ0) is 14.0. The van der Waals surface area contributed by atoms with E-state index in [2.05, 4.69) is 9.47 Å². The van der Waals surface area contributed by atoms with Crippen molar-refractivity contribution in [1.29, 1.82) is 0 Å². The number of ether oxygens (including phenoxy) is 2. The van der Waals surface area contributed by atoms with Gasteiger partial charge < -0.3 is 14.6 Å². The molecule has 0 saturated heterocycles. The molecule has 100 valence electrons. The number of methoxy groups -OCH3 is 2. The van der Waals surface area contributed by atoms with Gasteiger partial charge in [0, 0.05) is 6.42 Å². The van der Waals surface area contributed by atoms with Gasteiger partial charge in [-0.1, -0.05) is 20.8 Å². The van der Waals surface area contributed by atoms with Crippen LogP contribution in [0, 0.1) is 11.8 Å². The minimum absolute atomic E-state index is 0.222. The summed E-state index contributed by atoms with van der Waals surface area (Å²) < 4.78 is 8.96. The van der Waals surface area contributed by atoms with Crippen molar-refractivity contribution in [2.45, 2.75) is 27.2 Å². The molecule has 6 nitrogen and oxygen atoms in total. The van der Waals surface area contributed by atoms with Crippen LogP contribution in [0.4, 0.5) is 0 Å². The topological polar surface area (TPSA) is 89.9 Å². The fourth-order valence-electron chi connectivity index (χ4n) is 0.780. The van der Waals surface area contributed by atoms with Crippen LogP contribution >= 0.6 is 0 Å². The summed E-state index contributed by atoms with van der Waals surface area (Å²) >= 11 is 0. The molecule has 0 aliphatic heterocycles. The Hall–Kier alpha value is -1.59. The van der Waals surface area contributed by atoms with Gasteiger partial charge in [-0.15, -0.1) is 0 Å². The molecule has 0 heterocycles. The van der Waals surface area contributed by atoms with E-state index in [0.29, 0.717) is 0 Å². The summed E-state index contributed by atoms with van der Waals surface area (Å²) in [6, 6.07) is 0. The van der Waals surface area contributed by atoms with Crippen molar-refractivity contribution in [3.63, 3.8) is 0 Å². The van der Waals surface area contributed by atoms with Crippen LogP contribution in [0.1, 0.15) is 27.2 Å². The summed E-state index contributed by atoms with van der Waals surface area (Å²) in [7, 11) is 2.59. The summed E-state index contributed by atoms with van der Waals surface area (Å²) in [5.74, 6) is -2.45. The molecule has 0 aliphatic carbocycles. The largest absolute Gasteiger partial charge is 0.481 e. The molecule has 0 spiro atoms. The molecular weight excluding hydrogens is 228 g/mol. The van der Waals surface area contributed by atoms with Gasteiger partial charge in [0.2, 0.25) is 0 Å². The van der Waals surface area contributed by atoms with Crippen molar-refractivity contribution in [2.75, 3.05) is 14.2 Å². The fourth-order valence-corrected chi connectivity index (χ4v) is 0.780. The SMILES string of the molecule is CCC(=O)O.COC(=O)C(C)C(C)C(=O)OC. The summed E-state index contributed by atoms with van der Waals surface area (Å²) in [6.45, 7) is 4.86. The van der Waals surface area contributed by atoms with E-state index in [1.54, 1.807) is 20.8 Å². The normalized spacial score (nSPS) is 12.5. The van der Waals surface area contributed by atoms with Gasteiger partial charge in [-0.3, -0.25) is 14.4 Å². The molecule has 0 aromatic carbocycles. The number of esters is 2. The monoisotopic (exact) mass is 248 g/mol. The molecule has 0 rings (SSSR count). The first-order chi connectivity index (χ1) is 7.81. The van der Waals surface area contributed by atoms with Crippen LogP contribution in [0.5, 0.6) is 0 Å². The average molecular weight is 248 g/mol. The molecule has 2 unspecified atom stereocenters. The summed E-state index contributed by atoms with van der Waals surface area (Å²) in [6.07, 6.45) is 0.222. The van der Waals surface area contributed by atoms with Crippen LogP contribution in [0.3, 0.4) is 0 Å². The van der Waals surface area contributed by atoms with E-state index < -0.39 is 29.7 Å². The highest BCUT2D eigenvalue weighted by molar-refractivity contribution is 5.81. The van der Waals surface area contributed by atoms with Gasteiger partial charge in [0.15, 0.2) is 0 Å². The molecule has 17 heavy (non-hydrogen) atoms. The van der Waals surface area contributed by atoms with Gasteiger partial charge in [0.25, 0.3) is 0 Å². The van der Waals surface area contributed by atoms with Crippen molar-refractivity contribution in [1.82, 2.24) is 0 Å². The lowest BCUT2D eigenvalue weighted by molar-refractivity contribution is -0.156. The number of hydrogen-bond acceptors (Lipinski definition) is 5. The average Bonchev–Trinajstić information content (AvgIpc) is 2.35. The van der Waals surface area contributed by atoms with Gasteiger partial charge in [0.1, 0.15) is 0 Å². The maximum atomic E-state index is 10.9. The molecule has 0 saturated carbocycles. The Balaban J connectivity index is 0. The summed E-state index contributed by atoms with van der Waals surface area (Å²) in [5, 5.41) is 7.72. The van der Waals surface area contributed by atoms with Crippen LogP contribution in [0.25, 0.3) is 0 Å². The molecule has 0 aromatic rings. The molecule has 0 bridgehead atoms. The Morgan fingerprint density at radius 3 is 1.35 bits per heavy atom. The number of carboxylic acids is 1. The highest BCUT2D eigenvalue weighted by atomic mass is 16.5. The quantitative estimate of drug-likeness (QED) is 0.749. The lowest BCUT2D eigenvalue weighted by Crippen LogP contribution is -2.27. The molecule has 0 amide bonds. The van der Waals surface area contributed by atoms with E-state index in [-0.39, 0.29) is 6.42 Å². The third-order valence-corrected chi connectivity index (χ3v) is 2.20. The molecule has 0 radical (unpaired) electrons. The summed E-state index contributed by atoms with van der Waals surface area (Å²) in [4.78, 5) is 31.3. The lowest BCUT2D eigenvalue weighted by Gasteiger charge is -2.14. The number of aliphatic carboxylic acids is 1. The second-order valence-electron chi connectivity index (χ2n) is 3.37. The first kappa shape index (κ1) is 17.8. The van der Waals surface area contributed by atoms with Gasteiger partial charge in [-0.25, -0.2) is 0 Å². The predicted octanol–water partition coefficient (Wildman–Crippen LogP) is 1.09. The predicted molar refractivity (Wildman–Crippen MR) is 60.3 cm³/mol. The first-order valence-electron chi connectivity index (χ1n) is 5.19. The third-order valence-electron chi connectivity index (χ3n) is 2.20. The molecule has 2 atom stereocenters. The van der Waals surface area contributed by atoms with Crippen molar-refractivity contribution in [3.05, 3.63) is 0 Å². The van der Waals surface area contributed by atoms with Gasteiger partial charge in [-0.2, -0.15) is 0 Å². The van der Waals surface area contributed by atoms with E-state index in [9.17, 15) is 14.4 Å². The van der Waals surface area contributed by atoms with Gasteiger partial charge in [-0.05, 0) is 0 Å². The van der Waals surface area contributed by atoms with Crippen molar-refractivity contribution >= 4 is 17.9 Å². The van der Waals surface area contributed by atoms with E-state index >= 15 is 0 Å². The minimum Gasteiger partial charge on any atom is -0.481 e. The Bertz CT molecular complexity index is 241. The highest BCUT2D eigenvalue weighted by Crippen LogP contribution is 2.13. The second-order valence-corrected chi connectivity index (χ2v) is 3.37. The minimum atomic E-state index is -0.745. The molecule has 6 heteroatoms. The second kappa shape index (κ2) is 9.62. The molecule has 1 N–H and O–H groups in total. The number of carbonyl (C=O) groups excluding carboxylic acids is 2. The Labute approximate surface area is 101 Å². The Morgan fingerprint density at radius 2 is 1.24 bits per heavy atom. The Kier molecular flexibility index (Phi) is 10.1. The van der Waals surface area contributed by atoms with E-state index in [0.717, 1.165) is 0 Å². The van der Waals surface area contributed by atoms with E-state index in [1.165, 1.54) is 14.2 Å². The van der Waals surface area contributed by atoms with Crippen LogP contribution in [-0.4, -0.2) is 37.2 Å². The van der Waals surface area contributed by atoms with Crippen molar-refractivity contribution in [2.24, 2.45) is 11.8 Å². The Morgan fingerprint density at radius 1 is 1.00 bits per heavy atom. The third kappa shape index (κ3) is 8.24. The van der Waals surface area contributed by atoms with E-state index in [1.807, 2.05) is 0 Å². The number of rotatable bonds is 4. The maximum absolute atomic E-state index is 10.9. The molecule has 0 aliphatic rings. The van der Waals surface area contributed by atoms with Crippen LogP contribution in [-0.2, 0) is 23.9 Å².